The van der Waals surface area contributed by atoms with Crippen molar-refractivity contribution in [1.29, 1.82) is 0 Å². The van der Waals surface area contributed by atoms with Crippen LogP contribution in [0.25, 0.3) is 0 Å². The van der Waals surface area contributed by atoms with Gasteiger partial charge >= 0.3 is 0 Å². The van der Waals surface area contributed by atoms with Crippen LogP contribution in [0.4, 0.5) is 5.69 Å². The third-order valence-electron chi connectivity index (χ3n) is 11.0. The Morgan fingerprint density at radius 3 is 2.09 bits per heavy atom. The molecule has 2 aliphatic rings. The van der Waals surface area contributed by atoms with Gasteiger partial charge in [0.2, 0.25) is 5.91 Å². The zero-order valence-corrected chi connectivity index (χ0v) is 31.4. The predicted octanol–water partition coefficient (Wildman–Crippen LogP) is 11.9. The van der Waals surface area contributed by atoms with E-state index in [2.05, 4.69) is 90.3 Å². The van der Waals surface area contributed by atoms with Crippen molar-refractivity contribution in [2.24, 2.45) is 5.92 Å². The van der Waals surface area contributed by atoms with Gasteiger partial charge in [0.15, 0.2) is 8.32 Å². The van der Waals surface area contributed by atoms with Crippen molar-refractivity contribution in [3.63, 3.8) is 0 Å². The average Bonchev–Trinajstić information content (AvgIpc) is 3.01. The zero-order valence-electron chi connectivity index (χ0n) is 30.4. The molecule has 1 heterocycles. The molecule has 1 fully saturated rings. The summed E-state index contributed by atoms with van der Waals surface area (Å²) in [5.41, 5.74) is 5.37. The Morgan fingerprint density at radius 1 is 0.872 bits per heavy atom. The Balaban J connectivity index is 1.33. The number of carbonyl (C=O) groups is 1. The number of nitrogens with one attached hydrogen (secondary N) is 1. The summed E-state index contributed by atoms with van der Waals surface area (Å²) in [6.45, 7) is 18.5. The van der Waals surface area contributed by atoms with Crippen LogP contribution in [0.3, 0.4) is 0 Å². The molecule has 1 aliphatic heterocycles. The Labute approximate surface area is 286 Å². The van der Waals surface area contributed by atoms with Crippen LogP contribution in [-0.4, -0.2) is 20.3 Å². The van der Waals surface area contributed by atoms with Gasteiger partial charge in [0.1, 0.15) is 11.5 Å². The molecule has 0 bridgehead atoms. The van der Waals surface area contributed by atoms with Crippen molar-refractivity contribution in [1.82, 2.24) is 0 Å². The smallest absolute Gasteiger partial charge is 0.225 e. The second-order valence-electron chi connectivity index (χ2n) is 16.7. The minimum atomic E-state index is -1.90. The molecule has 0 unspecified atom stereocenters. The molecule has 47 heavy (non-hydrogen) atoms. The maximum Gasteiger partial charge on any atom is 0.225 e. The number of ether oxygens (including phenoxy) is 1. The number of anilines is 1. The highest BCUT2D eigenvalue weighted by atomic mass is 28.4. The van der Waals surface area contributed by atoms with E-state index in [0.29, 0.717) is 6.42 Å². The second-order valence-corrected chi connectivity index (χ2v) is 21.5. The summed E-state index contributed by atoms with van der Waals surface area (Å²) >= 11 is 0. The average molecular weight is 654 g/mol. The Bertz CT molecular complexity index is 1460. The number of para-hydroxylation sites is 2. The third kappa shape index (κ3) is 8.97. The minimum absolute atomic E-state index is 0.0239. The first-order valence-corrected chi connectivity index (χ1v) is 21.1. The Morgan fingerprint density at radius 2 is 1.49 bits per heavy atom. The Kier molecular flexibility index (Phi) is 11.1. The van der Waals surface area contributed by atoms with Gasteiger partial charge in [0, 0.05) is 35.3 Å². The van der Waals surface area contributed by atoms with Gasteiger partial charge in [-0.15, -0.1) is 0 Å². The summed E-state index contributed by atoms with van der Waals surface area (Å²) in [5, 5.41) is 3.56. The highest BCUT2D eigenvalue weighted by molar-refractivity contribution is 6.74. The molecule has 254 valence electrons. The Hall–Kier alpha value is -2.89. The molecule has 5 rings (SSSR count). The number of fused-ring (bicyclic) bond motifs is 2. The lowest BCUT2D eigenvalue weighted by atomic mass is 9.83. The van der Waals surface area contributed by atoms with Crippen LogP contribution in [0.5, 0.6) is 11.5 Å². The zero-order chi connectivity index (χ0) is 33.8. The van der Waals surface area contributed by atoms with Crippen LogP contribution in [-0.2, 0) is 21.1 Å². The minimum Gasteiger partial charge on any atom is -0.457 e. The molecule has 0 radical (unpaired) electrons. The molecule has 3 aromatic carbocycles. The van der Waals surface area contributed by atoms with E-state index in [1.165, 1.54) is 44.1 Å². The first-order valence-electron chi connectivity index (χ1n) is 18.2. The topological polar surface area (TPSA) is 47.6 Å². The van der Waals surface area contributed by atoms with Gasteiger partial charge < -0.3 is 14.5 Å². The van der Waals surface area contributed by atoms with Crippen molar-refractivity contribution < 1.29 is 14.0 Å². The SMILES string of the molecule is CC(C)(C)c1ccc(CC[C@@H](CCC2CCCCC2)O[Si](C)(C)C(C)(C)C)cc1NC(=O)CC1c2ccccc2Oc2ccccc21. The molecule has 1 N–H and O–H groups in total. The van der Waals surface area contributed by atoms with E-state index >= 15 is 0 Å². The van der Waals surface area contributed by atoms with E-state index in [-0.39, 0.29) is 28.4 Å². The fourth-order valence-electron chi connectivity index (χ4n) is 7.20. The summed E-state index contributed by atoms with van der Waals surface area (Å²) in [4.78, 5) is 13.9. The van der Waals surface area contributed by atoms with E-state index in [1.54, 1.807) is 0 Å². The second kappa shape index (κ2) is 14.7. The molecule has 1 aliphatic carbocycles. The molecule has 0 spiro atoms. The molecule has 4 nitrogen and oxygen atoms in total. The maximum atomic E-state index is 13.9. The van der Waals surface area contributed by atoms with Gasteiger partial charge in [0.25, 0.3) is 0 Å². The number of rotatable bonds is 11. The monoisotopic (exact) mass is 653 g/mol. The molecule has 1 amide bonds. The molecular weight excluding hydrogens is 595 g/mol. The summed E-state index contributed by atoms with van der Waals surface area (Å²) in [6, 6.07) is 22.9. The molecule has 1 atom stereocenters. The highest BCUT2D eigenvalue weighted by Gasteiger charge is 2.39. The van der Waals surface area contributed by atoms with Gasteiger partial charge in [-0.2, -0.15) is 0 Å². The number of aryl methyl sites for hydroxylation is 1. The van der Waals surface area contributed by atoms with Crippen LogP contribution < -0.4 is 10.1 Å². The van der Waals surface area contributed by atoms with Crippen LogP contribution in [0.2, 0.25) is 18.1 Å². The van der Waals surface area contributed by atoms with Crippen molar-refractivity contribution in [3.05, 3.63) is 89.0 Å². The lowest BCUT2D eigenvalue weighted by molar-refractivity contribution is -0.116. The van der Waals surface area contributed by atoms with Gasteiger partial charge in [-0.3, -0.25) is 4.79 Å². The summed E-state index contributed by atoms with van der Waals surface area (Å²) in [5.74, 6) is 2.49. The fourth-order valence-corrected chi connectivity index (χ4v) is 8.62. The predicted molar refractivity (Wildman–Crippen MR) is 199 cm³/mol. The van der Waals surface area contributed by atoms with E-state index < -0.39 is 8.32 Å². The standard InChI is InChI=1S/C42H59NO3Si/c1-41(2,3)36-27-24-31(23-26-32(46-47(7,8)42(4,5)6)25-22-30-16-10-9-11-17-30)28-37(36)43-40(44)29-35-33-18-12-14-20-38(33)45-39-21-15-13-19-34(35)39/h12-15,18-21,24,27-28,30,32,35H,9-11,16-17,22-23,25-26,29H2,1-8H3,(H,43,44)/t32-/m1/s1. The largest absolute Gasteiger partial charge is 0.457 e. The number of amides is 1. The van der Waals surface area contributed by atoms with Gasteiger partial charge in [-0.05, 0) is 84.5 Å². The molecular formula is C42H59NO3Si. The molecule has 5 heteroatoms. The van der Waals surface area contributed by atoms with Crippen LogP contribution in [0, 0.1) is 5.92 Å². The number of carbonyl (C=O) groups excluding carboxylic acids is 1. The first kappa shape index (κ1) is 35.4. The molecule has 1 saturated carbocycles. The summed E-state index contributed by atoms with van der Waals surface area (Å²) in [7, 11) is -1.90. The van der Waals surface area contributed by atoms with Gasteiger partial charge in [-0.1, -0.05) is 122 Å². The molecule has 0 aromatic heterocycles. The lowest BCUT2D eigenvalue weighted by Crippen LogP contribution is -2.44. The van der Waals surface area contributed by atoms with Crippen LogP contribution >= 0.6 is 0 Å². The molecule has 3 aromatic rings. The van der Waals surface area contributed by atoms with E-state index in [0.717, 1.165) is 59.1 Å². The quantitative estimate of drug-likeness (QED) is 0.210. The fraction of sp³-hybridized carbons (Fsp3) is 0.548. The van der Waals surface area contributed by atoms with Crippen molar-refractivity contribution in [2.75, 3.05) is 5.32 Å². The summed E-state index contributed by atoms with van der Waals surface area (Å²) < 4.78 is 13.3. The van der Waals surface area contributed by atoms with E-state index in [9.17, 15) is 4.79 Å². The number of hydrogen-bond donors (Lipinski definition) is 1. The van der Waals surface area contributed by atoms with Crippen molar-refractivity contribution in [2.45, 2.75) is 141 Å². The summed E-state index contributed by atoms with van der Waals surface area (Å²) in [6.07, 6.45) is 12.0. The van der Waals surface area contributed by atoms with E-state index in [1.807, 2.05) is 36.4 Å². The van der Waals surface area contributed by atoms with E-state index in [4.69, 9.17) is 9.16 Å². The van der Waals surface area contributed by atoms with Gasteiger partial charge in [-0.25, -0.2) is 0 Å². The number of hydrogen-bond acceptors (Lipinski definition) is 3. The normalized spacial score (nSPS) is 16.6. The first-order chi connectivity index (χ1) is 22.2. The van der Waals surface area contributed by atoms with Gasteiger partial charge in [0.05, 0.1) is 0 Å². The van der Waals surface area contributed by atoms with Crippen LogP contribution in [0.1, 0.15) is 128 Å². The maximum absolute atomic E-state index is 13.9. The third-order valence-corrected chi connectivity index (χ3v) is 15.5. The van der Waals surface area contributed by atoms with Crippen molar-refractivity contribution >= 4 is 19.9 Å². The molecule has 0 saturated heterocycles. The highest BCUT2D eigenvalue weighted by Crippen LogP contribution is 2.46. The van der Waals surface area contributed by atoms with Crippen LogP contribution in [0.15, 0.2) is 66.7 Å². The lowest BCUT2D eigenvalue weighted by Gasteiger charge is -2.40. The number of benzene rings is 3. The van der Waals surface area contributed by atoms with Crippen molar-refractivity contribution in [3.8, 4) is 11.5 Å².